The molecule has 2 aliphatic heterocycles. The van der Waals surface area contributed by atoms with Crippen LogP contribution in [0.15, 0.2) is 23.9 Å². The number of esters is 2. The van der Waals surface area contributed by atoms with Crippen molar-refractivity contribution in [2.24, 2.45) is 5.73 Å². The number of thioether (sulfide) groups is 1. The van der Waals surface area contributed by atoms with Crippen LogP contribution in [0.25, 0.3) is 0 Å². The minimum absolute atomic E-state index is 0.188. The van der Waals surface area contributed by atoms with Gasteiger partial charge in [0.15, 0.2) is 0 Å². The highest BCUT2D eigenvalue weighted by Gasteiger charge is 2.55. The summed E-state index contributed by atoms with van der Waals surface area (Å²) in [7, 11) is 1.14. The molecule has 29 heavy (non-hydrogen) atoms. The van der Waals surface area contributed by atoms with Crippen LogP contribution in [0.4, 0.5) is 0 Å². The van der Waals surface area contributed by atoms with Crippen molar-refractivity contribution in [1.82, 2.24) is 10.2 Å². The molecule has 4 N–H and O–H groups in total. The molecule has 2 rings (SSSR count). The van der Waals surface area contributed by atoms with E-state index in [-0.39, 0.29) is 23.6 Å². The number of aliphatic carboxylic acids is 1. The molecule has 2 aliphatic rings. The largest absolute Gasteiger partial charge is 0.477 e. The van der Waals surface area contributed by atoms with Crippen LogP contribution in [0.5, 0.6) is 0 Å². The summed E-state index contributed by atoms with van der Waals surface area (Å²) in [6.45, 7) is 4.39. The molecule has 12 heteroatoms. The van der Waals surface area contributed by atoms with E-state index in [2.05, 4.69) is 16.6 Å². The van der Waals surface area contributed by atoms with Crippen molar-refractivity contribution in [3.8, 4) is 0 Å². The summed E-state index contributed by atoms with van der Waals surface area (Å²) >= 11 is 1.20. The number of methoxy groups -OCH3 is 1. The predicted octanol–water partition coefficient (Wildman–Crippen LogP) is -1.27. The third kappa shape index (κ3) is 4.43. The molecular weight excluding hydrogens is 406 g/mol. The number of ether oxygens (including phenoxy) is 2. The zero-order valence-electron chi connectivity index (χ0n) is 15.8. The molecule has 3 atom stereocenters. The Labute approximate surface area is 170 Å². The fourth-order valence-electron chi connectivity index (χ4n) is 2.81. The highest BCUT2D eigenvalue weighted by molar-refractivity contribution is 8.00. The first-order valence-corrected chi connectivity index (χ1v) is 9.44. The third-order valence-electron chi connectivity index (χ3n) is 4.44. The van der Waals surface area contributed by atoms with E-state index in [4.69, 9.17) is 10.5 Å². The van der Waals surface area contributed by atoms with Gasteiger partial charge in [0.05, 0.1) is 13.5 Å². The molecule has 0 spiro atoms. The second kappa shape index (κ2) is 8.66. The normalized spacial score (nSPS) is 22.6. The van der Waals surface area contributed by atoms with Gasteiger partial charge in [0.2, 0.25) is 5.91 Å². The number of nitrogens with zero attached hydrogens (tertiary/aromatic N) is 1. The van der Waals surface area contributed by atoms with Crippen molar-refractivity contribution in [2.75, 3.05) is 19.5 Å². The van der Waals surface area contributed by atoms with E-state index in [0.29, 0.717) is 0 Å². The Bertz CT molecular complexity index is 810. The topological polar surface area (TPSA) is 165 Å². The van der Waals surface area contributed by atoms with Gasteiger partial charge in [-0.05, 0) is 0 Å². The van der Waals surface area contributed by atoms with Gasteiger partial charge in [0.1, 0.15) is 29.3 Å². The Morgan fingerprint density at radius 1 is 1.45 bits per heavy atom. The Kier molecular flexibility index (Phi) is 6.69. The van der Waals surface area contributed by atoms with Gasteiger partial charge in [0.25, 0.3) is 5.91 Å². The Morgan fingerprint density at radius 3 is 2.62 bits per heavy atom. The molecule has 0 saturated carbocycles. The molecule has 0 aliphatic carbocycles. The van der Waals surface area contributed by atoms with Gasteiger partial charge in [-0.3, -0.25) is 24.1 Å². The van der Waals surface area contributed by atoms with E-state index in [9.17, 15) is 29.1 Å². The number of carboxylic acid groups (broad SMARTS) is 1. The lowest BCUT2D eigenvalue weighted by Gasteiger charge is -2.49. The zero-order chi connectivity index (χ0) is 21.9. The summed E-state index contributed by atoms with van der Waals surface area (Å²) in [6.07, 6.45) is 0.599. The van der Waals surface area contributed by atoms with E-state index in [0.717, 1.165) is 18.1 Å². The number of β-lactam (4-membered cyclic amide) rings is 1. The minimum Gasteiger partial charge on any atom is -0.477 e. The number of carbonyl (C=O) groups excluding carboxylic acids is 4. The fraction of sp³-hybridized carbons (Fsp3) is 0.471. The number of carboxylic acids is 1. The fourth-order valence-corrected chi connectivity index (χ4v) is 4.14. The van der Waals surface area contributed by atoms with Crippen LogP contribution in [-0.2, 0) is 33.4 Å². The maximum atomic E-state index is 12.6. The Morgan fingerprint density at radius 2 is 2.10 bits per heavy atom. The van der Waals surface area contributed by atoms with E-state index >= 15 is 0 Å². The quantitative estimate of drug-likeness (QED) is 0.242. The van der Waals surface area contributed by atoms with Crippen molar-refractivity contribution >= 4 is 41.5 Å². The van der Waals surface area contributed by atoms with Crippen molar-refractivity contribution in [2.45, 2.75) is 30.3 Å². The summed E-state index contributed by atoms with van der Waals surface area (Å²) in [4.78, 5) is 60.3. The third-order valence-corrected chi connectivity index (χ3v) is 5.78. The van der Waals surface area contributed by atoms with Crippen LogP contribution in [0, 0.1) is 0 Å². The van der Waals surface area contributed by atoms with Gasteiger partial charge in [-0.15, -0.1) is 18.3 Å². The molecule has 3 unspecified atom stereocenters. The summed E-state index contributed by atoms with van der Waals surface area (Å²) < 4.78 is 9.36. The molecule has 2 heterocycles. The number of hydrogen-bond acceptors (Lipinski definition) is 9. The molecule has 0 bridgehead atoms. The van der Waals surface area contributed by atoms with E-state index < -0.39 is 53.1 Å². The minimum atomic E-state index is -1.79. The highest BCUT2D eigenvalue weighted by atomic mass is 32.2. The molecule has 158 valence electrons. The molecule has 0 aromatic rings. The summed E-state index contributed by atoms with van der Waals surface area (Å²) in [5, 5.41) is 11.3. The first-order valence-electron chi connectivity index (χ1n) is 8.39. The molecule has 0 aromatic carbocycles. The van der Waals surface area contributed by atoms with Gasteiger partial charge in [-0.2, -0.15) is 0 Å². The van der Waals surface area contributed by atoms with Gasteiger partial charge in [0, 0.05) is 18.2 Å². The van der Waals surface area contributed by atoms with Crippen molar-refractivity contribution in [3.63, 3.8) is 0 Å². The van der Waals surface area contributed by atoms with Crippen molar-refractivity contribution < 1.29 is 38.6 Å². The van der Waals surface area contributed by atoms with Crippen LogP contribution in [-0.4, -0.2) is 76.2 Å². The van der Waals surface area contributed by atoms with Crippen molar-refractivity contribution in [1.29, 1.82) is 0 Å². The molecule has 0 aromatic heterocycles. The van der Waals surface area contributed by atoms with E-state index in [1.807, 2.05) is 0 Å². The second-order valence-electron chi connectivity index (χ2n) is 6.40. The summed E-state index contributed by atoms with van der Waals surface area (Å²) in [6, 6.07) is -1.03. The van der Waals surface area contributed by atoms with E-state index in [1.54, 1.807) is 0 Å². The molecule has 11 nitrogen and oxygen atoms in total. The van der Waals surface area contributed by atoms with Crippen LogP contribution in [0.3, 0.4) is 0 Å². The zero-order valence-corrected chi connectivity index (χ0v) is 16.6. The molecule has 1 fully saturated rings. The van der Waals surface area contributed by atoms with Crippen LogP contribution in [0.2, 0.25) is 0 Å². The van der Waals surface area contributed by atoms with Crippen LogP contribution in [0.1, 0.15) is 13.3 Å². The molecule has 2 amide bonds. The van der Waals surface area contributed by atoms with Gasteiger partial charge >= 0.3 is 17.9 Å². The lowest BCUT2D eigenvalue weighted by Crippen LogP contribution is -2.72. The SMILES string of the molecule is C=CC(N)(CC(=O)OC)C(=O)NC1C(=O)N2C(C(=O)O)=C(COC(C)=O)CSC12. The van der Waals surface area contributed by atoms with Gasteiger partial charge in [-0.25, -0.2) is 4.79 Å². The smallest absolute Gasteiger partial charge is 0.352 e. The Balaban J connectivity index is 2.17. The van der Waals surface area contributed by atoms with Crippen molar-refractivity contribution in [3.05, 3.63) is 23.9 Å². The number of nitrogens with two attached hydrogens (primary N) is 1. The molecule has 1 saturated heterocycles. The van der Waals surface area contributed by atoms with Gasteiger partial charge in [-0.1, -0.05) is 6.08 Å². The van der Waals surface area contributed by atoms with E-state index in [1.165, 1.54) is 18.7 Å². The number of carbonyl (C=O) groups is 5. The number of nitrogens with one attached hydrogen (secondary N) is 1. The standard InChI is InChI=1S/C17H21N3O8S/c1-4-17(18,5-10(22)27-3)16(26)19-11-13(23)20-12(15(24)25)9(6-28-8(2)21)7-29-14(11)20/h4,11,14H,1,5-7,18H2,2-3H3,(H,19,26)(H,24,25). The maximum absolute atomic E-state index is 12.6. The number of hydrogen-bond donors (Lipinski definition) is 3. The highest BCUT2D eigenvalue weighted by Crippen LogP contribution is 2.40. The molecule has 0 radical (unpaired) electrons. The summed E-state index contributed by atoms with van der Waals surface area (Å²) in [5.74, 6) is -3.94. The average Bonchev–Trinajstić information content (AvgIpc) is 2.68. The molecular formula is C17H21N3O8S. The predicted molar refractivity (Wildman–Crippen MR) is 100 cm³/mol. The lowest BCUT2D eigenvalue weighted by molar-refractivity contribution is -0.152. The monoisotopic (exact) mass is 427 g/mol. The summed E-state index contributed by atoms with van der Waals surface area (Å²) in [5.41, 5.74) is 4.12. The average molecular weight is 427 g/mol. The lowest BCUT2D eigenvalue weighted by atomic mass is 9.94. The maximum Gasteiger partial charge on any atom is 0.352 e. The number of amides is 2. The van der Waals surface area contributed by atoms with Gasteiger partial charge < -0.3 is 25.6 Å². The Hall–Kier alpha value is -2.86. The number of fused-ring (bicyclic) bond motifs is 1. The first-order chi connectivity index (χ1) is 13.6. The van der Waals surface area contributed by atoms with Crippen LogP contribution >= 0.6 is 11.8 Å². The van der Waals surface area contributed by atoms with Crippen LogP contribution < -0.4 is 11.1 Å². The number of rotatable bonds is 8. The second-order valence-corrected chi connectivity index (χ2v) is 7.50. The first kappa shape index (κ1) is 22.4.